The maximum absolute atomic E-state index is 9.28. The third-order valence-electron chi connectivity index (χ3n) is 2.53. The second kappa shape index (κ2) is 4.80. The first-order chi connectivity index (χ1) is 5.74. The number of hydrogen-bond donors (Lipinski definition) is 1. The van der Waals surface area contributed by atoms with Crippen LogP contribution in [0.3, 0.4) is 0 Å². The summed E-state index contributed by atoms with van der Waals surface area (Å²) in [5, 5.41) is 9.28. The Hall–Kier alpha value is -0.120. The smallest absolute Gasteiger partial charge is 0.0615 e. The van der Waals surface area contributed by atoms with E-state index in [0.717, 1.165) is 32.5 Å². The van der Waals surface area contributed by atoms with Crippen LogP contribution in [0.25, 0.3) is 0 Å². The van der Waals surface area contributed by atoms with Crippen LogP contribution in [0.1, 0.15) is 19.8 Å². The van der Waals surface area contributed by atoms with E-state index in [9.17, 15) is 5.11 Å². The Morgan fingerprint density at radius 2 is 2.08 bits per heavy atom. The number of rotatable bonds is 3. The lowest BCUT2D eigenvalue weighted by molar-refractivity contribution is 0.0382. The van der Waals surface area contributed by atoms with E-state index in [1.165, 1.54) is 0 Å². The monoisotopic (exact) mass is 173 g/mol. The first-order valence-corrected chi connectivity index (χ1v) is 4.65. The SMILES string of the molecule is COCC(C)N1CCC(O)CC1. The molecule has 1 aliphatic rings. The number of methoxy groups -OCH3 is 1. The van der Waals surface area contributed by atoms with Crippen LogP contribution in [-0.4, -0.2) is 49.0 Å². The summed E-state index contributed by atoms with van der Waals surface area (Å²) in [6.07, 6.45) is 1.75. The zero-order chi connectivity index (χ0) is 8.97. The second-order valence-electron chi connectivity index (χ2n) is 3.57. The predicted molar refractivity (Wildman–Crippen MR) is 48.2 cm³/mol. The molecule has 0 bridgehead atoms. The van der Waals surface area contributed by atoms with Gasteiger partial charge in [0.2, 0.25) is 0 Å². The molecule has 1 atom stereocenters. The molecule has 3 heteroatoms. The van der Waals surface area contributed by atoms with Gasteiger partial charge in [0.15, 0.2) is 0 Å². The molecule has 3 nitrogen and oxygen atoms in total. The first kappa shape index (κ1) is 9.96. The lowest BCUT2D eigenvalue weighted by Crippen LogP contribution is -2.43. The predicted octanol–water partition coefficient (Wildman–Crippen LogP) is 0.478. The summed E-state index contributed by atoms with van der Waals surface area (Å²) >= 11 is 0. The molecule has 1 aliphatic heterocycles. The van der Waals surface area contributed by atoms with Crippen LogP contribution in [-0.2, 0) is 4.74 Å². The number of aliphatic hydroxyl groups excluding tert-OH is 1. The van der Waals surface area contributed by atoms with E-state index in [1.807, 2.05) is 0 Å². The fourth-order valence-electron chi connectivity index (χ4n) is 1.67. The number of piperidine rings is 1. The molecule has 12 heavy (non-hydrogen) atoms. The van der Waals surface area contributed by atoms with E-state index >= 15 is 0 Å². The van der Waals surface area contributed by atoms with Gasteiger partial charge in [-0.15, -0.1) is 0 Å². The molecule has 1 saturated heterocycles. The highest BCUT2D eigenvalue weighted by atomic mass is 16.5. The lowest BCUT2D eigenvalue weighted by Gasteiger charge is -2.33. The van der Waals surface area contributed by atoms with Crippen molar-refractivity contribution in [2.24, 2.45) is 0 Å². The molecular formula is C9H19NO2. The number of ether oxygens (including phenoxy) is 1. The van der Waals surface area contributed by atoms with E-state index in [4.69, 9.17) is 4.74 Å². The van der Waals surface area contributed by atoms with Crippen LogP contribution >= 0.6 is 0 Å². The van der Waals surface area contributed by atoms with Crippen molar-refractivity contribution in [1.29, 1.82) is 0 Å². The van der Waals surface area contributed by atoms with Gasteiger partial charge in [-0.2, -0.15) is 0 Å². The van der Waals surface area contributed by atoms with E-state index < -0.39 is 0 Å². The van der Waals surface area contributed by atoms with Gasteiger partial charge in [0.05, 0.1) is 12.7 Å². The van der Waals surface area contributed by atoms with Gasteiger partial charge in [-0.3, -0.25) is 4.90 Å². The van der Waals surface area contributed by atoms with Crippen LogP contribution in [0.4, 0.5) is 0 Å². The molecule has 1 fully saturated rings. The maximum Gasteiger partial charge on any atom is 0.0615 e. The largest absolute Gasteiger partial charge is 0.393 e. The molecule has 0 aromatic carbocycles. The normalized spacial score (nSPS) is 24.2. The topological polar surface area (TPSA) is 32.7 Å². The van der Waals surface area contributed by atoms with Gasteiger partial charge in [0.1, 0.15) is 0 Å². The highest BCUT2D eigenvalue weighted by Gasteiger charge is 2.20. The Bertz CT molecular complexity index is 122. The average Bonchev–Trinajstić information content (AvgIpc) is 2.06. The quantitative estimate of drug-likeness (QED) is 0.673. The molecule has 1 unspecified atom stereocenters. The molecule has 72 valence electrons. The van der Waals surface area contributed by atoms with Gasteiger partial charge in [0.25, 0.3) is 0 Å². The number of aliphatic hydroxyl groups is 1. The standard InChI is InChI=1S/C9H19NO2/c1-8(7-12-2)10-5-3-9(11)4-6-10/h8-9,11H,3-7H2,1-2H3. The van der Waals surface area contributed by atoms with Crippen molar-refractivity contribution in [3.05, 3.63) is 0 Å². The maximum atomic E-state index is 9.28. The van der Waals surface area contributed by atoms with Crippen LogP contribution < -0.4 is 0 Å². The summed E-state index contributed by atoms with van der Waals surface area (Å²) < 4.78 is 5.08. The third kappa shape index (κ3) is 2.73. The van der Waals surface area contributed by atoms with E-state index in [-0.39, 0.29) is 6.10 Å². The second-order valence-corrected chi connectivity index (χ2v) is 3.57. The third-order valence-corrected chi connectivity index (χ3v) is 2.53. The molecule has 0 saturated carbocycles. The molecule has 0 radical (unpaired) electrons. The number of likely N-dealkylation sites (tertiary alicyclic amines) is 1. The Labute approximate surface area is 74.3 Å². The fourth-order valence-corrected chi connectivity index (χ4v) is 1.67. The zero-order valence-electron chi connectivity index (χ0n) is 7.99. The highest BCUT2D eigenvalue weighted by Crippen LogP contribution is 2.12. The molecule has 0 spiro atoms. The van der Waals surface area contributed by atoms with Crippen molar-refractivity contribution < 1.29 is 9.84 Å². The number of nitrogens with zero attached hydrogens (tertiary/aromatic N) is 1. The van der Waals surface area contributed by atoms with Crippen molar-refractivity contribution in [2.75, 3.05) is 26.8 Å². The molecule has 1 heterocycles. The van der Waals surface area contributed by atoms with Gasteiger partial charge in [-0.05, 0) is 19.8 Å². The summed E-state index contributed by atoms with van der Waals surface area (Å²) in [5.41, 5.74) is 0. The van der Waals surface area contributed by atoms with Crippen molar-refractivity contribution in [3.63, 3.8) is 0 Å². The Kier molecular flexibility index (Phi) is 3.98. The minimum absolute atomic E-state index is 0.0732. The van der Waals surface area contributed by atoms with E-state index in [0.29, 0.717) is 6.04 Å². The van der Waals surface area contributed by atoms with Gasteiger partial charge < -0.3 is 9.84 Å². The molecule has 0 amide bonds. The van der Waals surface area contributed by atoms with E-state index in [2.05, 4.69) is 11.8 Å². The van der Waals surface area contributed by atoms with Gasteiger partial charge in [-0.1, -0.05) is 0 Å². The minimum Gasteiger partial charge on any atom is -0.393 e. The average molecular weight is 173 g/mol. The summed E-state index contributed by atoms with van der Waals surface area (Å²) in [6.45, 7) is 4.97. The van der Waals surface area contributed by atoms with E-state index in [1.54, 1.807) is 7.11 Å². The molecule has 0 aliphatic carbocycles. The fraction of sp³-hybridized carbons (Fsp3) is 1.00. The first-order valence-electron chi connectivity index (χ1n) is 4.65. The zero-order valence-corrected chi connectivity index (χ0v) is 7.99. The molecular weight excluding hydrogens is 154 g/mol. The summed E-state index contributed by atoms with van der Waals surface area (Å²) in [4.78, 5) is 2.37. The van der Waals surface area contributed by atoms with Gasteiger partial charge in [-0.25, -0.2) is 0 Å². The van der Waals surface area contributed by atoms with Crippen LogP contribution in [0.5, 0.6) is 0 Å². The highest BCUT2D eigenvalue weighted by molar-refractivity contribution is 4.75. The van der Waals surface area contributed by atoms with Crippen molar-refractivity contribution in [1.82, 2.24) is 4.90 Å². The molecule has 1 N–H and O–H groups in total. The van der Waals surface area contributed by atoms with Crippen molar-refractivity contribution in [2.45, 2.75) is 31.9 Å². The Morgan fingerprint density at radius 1 is 1.50 bits per heavy atom. The summed E-state index contributed by atoms with van der Waals surface area (Å²) in [6, 6.07) is 0.488. The molecule has 0 aromatic heterocycles. The van der Waals surface area contributed by atoms with Crippen molar-refractivity contribution >= 4 is 0 Å². The lowest BCUT2D eigenvalue weighted by atomic mass is 10.1. The van der Waals surface area contributed by atoms with Gasteiger partial charge >= 0.3 is 0 Å². The summed E-state index contributed by atoms with van der Waals surface area (Å²) in [7, 11) is 1.73. The van der Waals surface area contributed by atoms with Crippen LogP contribution in [0, 0.1) is 0 Å². The molecule has 0 aromatic rings. The Balaban J connectivity index is 2.24. The minimum atomic E-state index is -0.0732. The Morgan fingerprint density at radius 3 is 2.58 bits per heavy atom. The van der Waals surface area contributed by atoms with Crippen LogP contribution in [0.2, 0.25) is 0 Å². The van der Waals surface area contributed by atoms with Crippen LogP contribution in [0.15, 0.2) is 0 Å². The summed E-state index contributed by atoms with van der Waals surface area (Å²) in [5.74, 6) is 0. The van der Waals surface area contributed by atoms with Gasteiger partial charge in [0, 0.05) is 26.2 Å². The number of hydrogen-bond acceptors (Lipinski definition) is 3. The molecule has 1 rings (SSSR count). The van der Waals surface area contributed by atoms with Crippen molar-refractivity contribution in [3.8, 4) is 0 Å².